The monoisotopic (exact) mass is 415 g/mol. The molecule has 0 saturated heterocycles. The van der Waals surface area contributed by atoms with E-state index >= 15 is 0 Å². The highest BCUT2D eigenvalue weighted by Gasteiger charge is 2.24. The Morgan fingerprint density at radius 3 is 2.38 bits per heavy atom. The van der Waals surface area contributed by atoms with Gasteiger partial charge in [0.2, 0.25) is 0 Å². The number of methoxy groups -OCH3 is 1. The van der Waals surface area contributed by atoms with E-state index < -0.39 is 16.5 Å². The summed E-state index contributed by atoms with van der Waals surface area (Å²) in [5, 5.41) is 19.0. The fraction of sp³-hybridized carbons (Fsp3) is 0.650. The number of rotatable bonds is 10. The van der Waals surface area contributed by atoms with E-state index in [9.17, 15) is 14.9 Å². The molecule has 1 aromatic rings. The first-order valence-corrected chi connectivity index (χ1v) is 9.34. The van der Waals surface area contributed by atoms with Crippen molar-refractivity contribution in [2.24, 2.45) is 0 Å². The van der Waals surface area contributed by atoms with Crippen LogP contribution in [0.4, 0.5) is 5.69 Å². The third-order valence-corrected chi connectivity index (χ3v) is 3.36. The van der Waals surface area contributed by atoms with Gasteiger partial charge in [-0.25, -0.2) is 4.79 Å². The number of hydrogen-bond donors (Lipinski definition) is 1. The molecule has 1 N–H and O–H groups in total. The highest BCUT2D eigenvalue weighted by Crippen LogP contribution is 2.28. The van der Waals surface area contributed by atoms with Gasteiger partial charge in [-0.3, -0.25) is 10.1 Å². The smallest absolute Gasteiger partial charge is 0.338 e. The van der Waals surface area contributed by atoms with Crippen molar-refractivity contribution in [3.8, 4) is 0 Å². The molecule has 9 heteroatoms. The molecule has 0 aromatic heterocycles. The molecule has 0 aliphatic rings. The largest absolute Gasteiger partial charge is 0.456 e. The van der Waals surface area contributed by atoms with Crippen LogP contribution < -0.4 is 0 Å². The molecule has 166 valence electrons. The fourth-order valence-corrected chi connectivity index (χ4v) is 2.16. The predicted molar refractivity (Wildman–Crippen MR) is 108 cm³/mol. The van der Waals surface area contributed by atoms with Crippen molar-refractivity contribution in [3.63, 3.8) is 0 Å². The van der Waals surface area contributed by atoms with Crippen molar-refractivity contribution in [2.45, 2.75) is 46.1 Å². The molecule has 0 radical (unpaired) electrons. The molecular formula is C20H33NO8. The van der Waals surface area contributed by atoms with Crippen molar-refractivity contribution in [1.82, 2.24) is 0 Å². The number of esters is 1. The van der Waals surface area contributed by atoms with Crippen molar-refractivity contribution in [3.05, 3.63) is 39.4 Å². The van der Waals surface area contributed by atoms with Crippen LogP contribution in [0.2, 0.25) is 0 Å². The molecule has 0 aliphatic heterocycles. The highest BCUT2D eigenvalue weighted by atomic mass is 16.7. The first-order valence-electron chi connectivity index (χ1n) is 9.34. The Balaban J connectivity index is 0.00000245. The number of nitrogens with zero attached hydrogens (tertiary/aromatic N) is 1. The van der Waals surface area contributed by atoms with Crippen LogP contribution in [0.1, 0.15) is 56.5 Å². The minimum absolute atomic E-state index is 0.0808. The Morgan fingerprint density at radius 1 is 1.24 bits per heavy atom. The Hall–Kier alpha value is -2.07. The molecule has 1 aromatic carbocycles. The number of nitro groups is 1. The van der Waals surface area contributed by atoms with Gasteiger partial charge in [0.15, 0.2) is 0 Å². The summed E-state index contributed by atoms with van der Waals surface area (Å²) in [4.78, 5) is 23.0. The number of aliphatic hydroxyl groups is 1. The van der Waals surface area contributed by atoms with Gasteiger partial charge in [0.1, 0.15) is 12.4 Å². The number of aliphatic hydroxyl groups excluding tert-OH is 1. The van der Waals surface area contributed by atoms with Crippen molar-refractivity contribution in [1.29, 1.82) is 0 Å². The van der Waals surface area contributed by atoms with Gasteiger partial charge in [-0.15, -0.1) is 0 Å². The predicted octanol–water partition coefficient (Wildman–Crippen LogP) is 3.29. The SMILES string of the molecule is CCO.COCCOCOCC(C)c1ccc(C(=O)OC(C)(C)C)cc1[N+](=O)[O-]. The molecule has 0 spiro atoms. The van der Waals surface area contributed by atoms with Gasteiger partial charge in [-0.1, -0.05) is 13.0 Å². The van der Waals surface area contributed by atoms with Gasteiger partial charge in [0.05, 0.1) is 30.3 Å². The van der Waals surface area contributed by atoms with Gasteiger partial charge >= 0.3 is 5.97 Å². The van der Waals surface area contributed by atoms with E-state index in [-0.39, 0.29) is 37.2 Å². The first kappa shape index (κ1) is 26.9. The lowest BCUT2D eigenvalue weighted by Crippen LogP contribution is -2.24. The van der Waals surface area contributed by atoms with Crippen LogP contribution in [0.3, 0.4) is 0 Å². The van der Waals surface area contributed by atoms with Crippen molar-refractivity contribution in [2.75, 3.05) is 40.3 Å². The third kappa shape index (κ3) is 11.5. The number of hydrogen-bond acceptors (Lipinski definition) is 8. The van der Waals surface area contributed by atoms with Crippen molar-refractivity contribution >= 4 is 11.7 Å². The third-order valence-electron chi connectivity index (χ3n) is 3.36. The highest BCUT2D eigenvalue weighted by molar-refractivity contribution is 5.90. The zero-order chi connectivity index (χ0) is 22.4. The quantitative estimate of drug-likeness (QED) is 0.203. The zero-order valence-electron chi connectivity index (χ0n) is 18.1. The second-order valence-corrected chi connectivity index (χ2v) is 7.14. The Morgan fingerprint density at radius 2 is 1.86 bits per heavy atom. The summed E-state index contributed by atoms with van der Waals surface area (Å²) in [5.41, 5.74) is -0.176. The minimum atomic E-state index is -0.672. The lowest BCUT2D eigenvalue weighted by atomic mass is 9.98. The van der Waals surface area contributed by atoms with Crippen LogP contribution >= 0.6 is 0 Å². The summed E-state index contributed by atoms with van der Waals surface area (Å²) >= 11 is 0. The number of benzene rings is 1. The maximum atomic E-state index is 12.1. The topological polar surface area (TPSA) is 117 Å². The van der Waals surface area contributed by atoms with Gasteiger partial charge in [0.25, 0.3) is 5.69 Å². The van der Waals surface area contributed by atoms with E-state index in [4.69, 9.17) is 24.1 Å². The summed E-state index contributed by atoms with van der Waals surface area (Å²) < 4.78 is 20.7. The molecule has 0 heterocycles. The maximum Gasteiger partial charge on any atom is 0.338 e. The van der Waals surface area contributed by atoms with E-state index in [1.54, 1.807) is 40.9 Å². The number of carbonyl (C=O) groups is 1. The van der Waals surface area contributed by atoms with E-state index in [0.29, 0.717) is 18.8 Å². The van der Waals surface area contributed by atoms with Crippen LogP contribution in [0.15, 0.2) is 18.2 Å². The molecule has 0 saturated carbocycles. The van der Waals surface area contributed by atoms with Gasteiger partial charge in [0, 0.05) is 31.3 Å². The summed E-state index contributed by atoms with van der Waals surface area (Å²) in [6.07, 6.45) is 0. The number of ether oxygens (including phenoxy) is 4. The minimum Gasteiger partial charge on any atom is -0.456 e. The molecule has 0 aliphatic carbocycles. The second-order valence-electron chi connectivity index (χ2n) is 7.14. The van der Waals surface area contributed by atoms with Gasteiger partial charge in [-0.05, 0) is 33.8 Å². The van der Waals surface area contributed by atoms with E-state index in [2.05, 4.69) is 0 Å². The lowest BCUT2D eigenvalue weighted by molar-refractivity contribution is -0.385. The molecule has 0 amide bonds. The standard InChI is InChI=1S/C18H27NO7.C2H6O/c1-13(11-25-12-24-9-8-23-5)15-7-6-14(10-16(15)19(21)22)17(20)26-18(2,3)4;1-2-3/h6-7,10,13H,8-9,11-12H2,1-5H3;3H,2H2,1H3. The molecule has 1 unspecified atom stereocenters. The average Bonchev–Trinajstić information content (AvgIpc) is 2.63. The summed E-state index contributed by atoms with van der Waals surface area (Å²) in [6, 6.07) is 4.34. The van der Waals surface area contributed by atoms with Gasteiger partial charge in [-0.2, -0.15) is 0 Å². The average molecular weight is 415 g/mol. The van der Waals surface area contributed by atoms with E-state index in [1.807, 2.05) is 6.92 Å². The Labute approximate surface area is 172 Å². The molecule has 1 atom stereocenters. The Bertz CT molecular complexity index is 627. The van der Waals surface area contributed by atoms with Crippen LogP contribution in [0, 0.1) is 10.1 Å². The number of carbonyl (C=O) groups excluding carboxylic acids is 1. The van der Waals surface area contributed by atoms with E-state index in [0.717, 1.165) is 0 Å². The number of nitro benzene ring substituents is 1. The van der Waals surface area contributed by atoms with E-state index in [1.165, 1.54) is 12.1 Å². The second kappa shape index (κ2) is 14.0. The Kier molecular flexibility index (Phi) is 13.0. The molecular weight excluding hydrogens is 382 g/mol. The van der Waals surface area contributed by atoms with Crippen LogP contribution in [0.25, 0.3) is 0 Å². The summed E-state index contributed by atoms with van der Waals surface area (Å²) in [6.45, 7) is 10.2. The lowest BCUT2D eigenvalue weighted by Gasteiger charge is -2.20. The maximum absolute atomic E-state index is 12.1. The van der Waals surface area contributed by atoms with Crippen LogP contribution in [-0.2, 0) is 18.9 Å². The molecule has 1 rings (SSSR count). The first-order chi connectivity index (χ1) is 13.6. The zero-order valence-corrected chi connectivity index (χ0v) is 18.1. The molecule has 0 bridgehead atoms. The molecule has 29 heavy (non-hydrogen) atoms. The van der Waals surface area contributed by atoms with Gasteiger partial charge < -0.3 is 24.1 Å². The van der Waals surface area contributed by atoms with Crippen molar-refractivity contribution < 1.29 is 33.8 Å². The molecule has 9 nitrogen and oxygen atoms in total. The van der Waals surface area contributed by atoms with Crippen LogP contribution in [-0.4, -0.2) is 61.9 Å². The fourth-order valence-electron chi connectivity index (χ4n) is 2.16. The normalized spacial score (nSPS) is 12.0. The molecule has 0 fully saturated rings. The summed E-state index contributed by atoms with van der Waals surface area (Å²) in [5.74, 6) is -0.836. The summed E-state index contributed by atoms with van der Waals surface area (Å²) in [7, 11) is 1.58. The van der Waals surface area contributed by atoms with Crippen LogP contribution in [0.5, 0.6) is 0 Å².